The third-order valence-electron chi connectivity index (χ3n) is 2.52. The van der Waals surface area contributed by atoms with Crippen molar-refractivity contribution in [1.29, 1.82) is 0 Å². The van der Waals surface area contributed by atoms with Gasteiger partial charge in [-0.3, -0.25) is 4.79 Å². The molecule has 0 saturated carbocycles. The first-order chi connectivity index (χ1) is 6.77. The average molecular weight is 190 g/mol. The summed E-state index contributed by atoms with van der Waals surface area (Å²) in [5, 5.41) is 0. The van der Waals surface area contributed by atoms with Crippen LogP contribution in [0.4, 0.5) is 4.39 Å². The number of hydrogen-bond acceptors (Lipinski definition) is 1. The maximum absolute atomic E-state index is 13.4. The number of halogens is 1. The summed E-state index contributed by atoms with van der Waals surface area (Å²) < 4.78 is 13.4. The molecule has 0 spiro atoms. The fraction of sp³-hybridized carbons (Fsp3) is 0.250. The summed E-state index contributed by atoms with van der Waals surface area (Å²) in [6.45, 7) is 0. The summed E-state index contributed by atoms with van der Waals surface area (Å²) >= 11 is 0. The lowest BCUT2D eigenvalue weighted by Crippen LogP contribution is -2.07. The highest BCUT2D eigenvalue weighted by molar-refractivity contribution is 5.90. The number of ketones is 1. The van der Waals surface area contributed by atoms with Gasteiger partial charge in [-0.15, -0.1) is 0 Å². The normalized spacial score (nSPS) is 21.2. The minimum Gasteiger partial charge on any atom is -0.295 e. The number of allylic oxidation sites excluding steroid dienone is 2. The molecule has 14 heavy (non-hydrogen) atoms. The van der Waals surface area contributed by atoms with Crippen molar-refractivity contribution in [2.24, 2.45) is 0 Å². The predicted molar refractivity (Wildman–Crippen MR) is 52.5 cm³/mol. The number of benzene rings is 1. The van der Waals surface area contributed by atoms with Crippen molar-refractivity contribution < 1.29 is 9.18 Å². The van der Waals surface area contributed by atoms with E-state index in [0.717, 1.165) is 6.42 Å². The van der Waals surface area contributed by atoms with Gasteiger partial charge in [0.25, 0.3) is 0 Å². The van der Waals surface area contributed by atoms with Crippen LogP contribution < -0.4 is 0 Å². The third-order valence-corrected chi connectivity index (χ3v) is 2.52. The van der Waals surface area contributed by atoms with Crippen molar-refractivity contribution in [2.45, 2.75) is 18.8 Å². The van der Waals surface area contributed by atoms with Gasteiger partial charge >= 0.3 is 0 Å². The maximum atomic E-state index is 13.4. The summed E-state index contributed by atoms with van der Waals surface area (Å²) in [5.41, 5.74) is 0.691. The fourth-order valence-corrected chi connectivity index (χ4v) is 1.74. The molecule has 0 heterocycles. The second-order valence-electron chi connectivity index (χ2n) is 3.49. The first kappa shape index (κ1) is 9.13. The van der Waals surface area contributed by atoms with Crippen molar-refractivity contribution in [1.82, 2.24) is 0 Å². The number of carbonyl (C=O) groups is 1. The zero-order valence-electron chi connectivity index (χ0n) is 7.74. The van der Waals surface area contributed by atoms with Gasteiger partial charge in [-0.05, 0) is 24.1 Å². The topological polar surface area (TPSA) is 17.1 Å². The molecule has 0 bridgehead atoms. The summed E-state index contributed by atoms with van der Waals surface area (Å²) in [4.78, 5) is 10.9. The van der Waals surface area contributed by atoms with Gasteiger partial charge in [0, 0.05) is 12.3 Å². The van der Waals surface area contributed by atoms with E-state index < -0.39 is 0 Å². The van der Waals surface area contributed by atoms with Crippen molar-refractivity contribution in [2.75, 3.05) is 0 Å². The largest absolute Gasteiger partial charge is 0.295 e. The van der Waals surface area contributed by atoms with Crippen LogP contribution in [-0.2, 0) is 4.79 Å². The van der Waals surface area contributed by atoms with Crippen LogP contribution in [0.5, 0.6) is 0 Å². The quantitative estimate of drug-likeness (QED) is 0.665. The minimum absolute atomic E-state index is 0.0638. The monoisotopic (exact) mass is 190 g/mol. The highest BCUT2D eigenvalue weighted by Crippen LogP contribution is 2.27. The molecule has 0 saturated heterocycles. The lowest BCUT2D eigenvalue weighted by Gasteiger charge is -2.16. The molecular formula is C12H11FO. The van der Waals surface area contributed by atoms with Crippen LogP contribution in [0.1, 0.15) is 24.3 Å². The molecule has 0 fully saturated rings. The second-order valence-corrected chi connectivity index (χ2v) is 3.49. The van der Waals surface area contributed by atoms with Gasteiger partial charge in [-0.2, -0.15) is 0 Å². The summed E-state index contributed by atoms with van der Waals surface area (Å²) in [6, 6.07) is 6.74. The van der Waals surface area contributed by atoms with E-state index in [1.54, 1.807) is 24.3 Å². The van der Waals surface area contributed by atoms with Gasteiger partial charge < -0.3 is 0 Å². The van der Waals surface area contributed by atoms with Crippen LogP contribution in [0, 0.1) is 5.82 Å². The predicted octanol–water partition coefficient (Wildman–Crippen LogP) is 2.83. The van der Waals surface area contributed by atoms with E-state index in [1.807, 2.05) is 6.07 Å². The van der Waals surface area contributed by atoms with E-state index in [0.29, 0.717) is 12.0 Å². The van der Waals surface area contributed by atoms with Crippen molar-refractivity contribution >= 4 is 5.78 Å². The molecule has 0 N–H and O–H groups in total. The molecule has 1 nitrogen and oxygen atoms in total. The zero-order valence-corrected chi connectivity index (χ0v) is 7.74. The van der Waals surface area contributed by atoms with Crippen LogP contribution >= 0.6 is 0 Å². The van der Waals surface area contributed by atoms with Gasteiger partial charge in [0.1, 0.15) is 5.82 Å². The van der Waals surface area contributed by atoms with E-state index in [4.69, 9.17) is 0 Å². The second kappa shape index (κ2) is 3.74. The molecule has 0 amide bonds. The molecule has 1 unspecified atom stereocenters. The Bertz CT molecular complexity index is 382. The molecule has 1 atom stereocenters. The van der Waals surface area contributed by atoms with Gasteiger partial charge in [0.2, 0.25) is 0 Å². The number of carbonyl (C=O) groups excluding carboxylic acids is 1. The fourth-order valence-electron chi connectivity index (χ4n) is 1.74. The average Bonchev–Trinajstić information content (AvgIpc) is 2.20. The van der Waals surface area contributed by atoms with Gasteiger partial charge in [0.05, 0.1) is 0 Å². The third kappa shape index (κ3) is 1.74. The van der Waals surface area contributed by atoms with E-state index >= 15 is 0 Å². The van der Waals surface area contributed by atoms with Crippen molar-refractivity contribution in [3.8, 4) is 0 Å². The van der Waals surface area contributed by atoms with E-state index in [9.17, 15) is 9.18 Å². The molecule has 1 aromatic rings. The molecule has 2 heteroatoms. The first-order valence-corrected chi connectivity index (χ1v) is 4.73. The Morgan fingerprint density at radius 2 is 2.07 bits per heavy atom. The SMILES string of the molecule is O=C1C=CC(c2ccccc2F)CC1. The maximum Gasteiger partial charge on any atom is 0.155 e. The Kier molecular flexibility index (Phi) is 2.44. The van der Waals surface area contributed by atoms with Crippen molar-refractivity contribution in [3.05, 3.63) is 47.8 Å². The van der Waals surface area contributed by atoms with Crippen LogP contribution in [0.2, 0.25) is 0 Å². The van der Waals surface area contributed by atoms with Crippen LogP contribution in [0.15, 0.2) is 36.4 Å². The Morgan fingerprint density at radius 1 is 1.29 bits per heavy atom. The van der Waals surface area contributed by atoms with Crippen LogP contribution in [0.3, 0.4) is 0 Å². The molecule has 1 aromatic carbocycles. The molecule has 0 aromatic heterocycles. The lowest BCUT2D eigenvalue weighted by atomic mass is 9.88. The molecule has 72 valence electrons. The van der Waals surface area contributed by atoms with E-state index in [-0.39, 0.29) is 17.5 Å². The van der Waals surface area contributed by atoms with Crippen LogP contribution in [0.25, 0.3) is 0 Å². The highest BCUT2D eigenvalue weighted by atomic mass is 19.1. The molecule has 0 aliphatic heterocycles. The molecule has 2 rings (SSSR count). The number of rotatable bonds is 1. The van der Waals surface area contributed by atoms with Gasteiger partial charge in [-0.25, -0.2) is 4.39 Å². The van der Waals surface area contributed by atoms with Gasteiger partial charge in [-0.1, -0.05) is 24.3 Å². The smallest absolute Gasteiger partial charge is 0.155 e. The summed E-state index contributed by atoms with van der Waals surface area (Å²) in [6.07, 6.45) is 4.59. The van der Waals surface area contributed by atoms with E-state index in [2.05, 4.69) is 0 Å². The zero-order chi connectivity index (χ0) is 9.97. The first-order valence-electron chi connectivity index (χ1n) is 4.73. The molecule has 1 aliphatic rings. The summed E-state index contributed by atoms with van der Waals surface area (Å²) in [7, 11) is 0. The van der Waals surface area contributed by atoms with Crippen molar-refractivity contribution in [3.63, 3.8) is 0 Å². The van der Waals surface area contributed by atoms with E-state index in [1.165, 1.54) is 6.07 Å². The molecule has 1 aliphatic carbocycles. The lowest BCUT2D eigenvalue weighted by molar-refractivity contribution is -0.115. The number of hydrogen-bond donors (Lipinski definition) is 0. The standard InChI is InChI=1S/C12H11FO/c13-12-4-2-1-3-11(12)9-5-7-10(14)8-6-9/h1-5,7,9H,6,8H2. The van der Waals surface area contributed by atoms with Gasteiger partial charge in [0.15, 0.2) is 5.78 Å². The summed E-state index contributed by atoms with van der Waals surface area (Å²) in [5.74, 6) is 0.0167. The Balaban J connectivity index is 2.28. The Labute approximate surface area is 82.3 Å². The Morgan fingerprint density at radius 3 is 2.71 bits per heavy atom. The Hall–Kier alpha value is -1.44. The van der Waals surface area contributed by atoms with Crippen LogP contribution in [-0.4, -0.2) is 5.78 Å². The molecular weight excluding hydrogens is 179 g/mol. The highest BCUT2D eigenvalue weighted by Gasteiger charge is 2.17. The minimum atomic E-state index is -0.184. The molecule has 0 radical (unpaired) electrons.